The highest BCUT2D eigenvalue weighted by Crippen LogP contribution is 2.09. The molecule has 0 spiro atoms. The lowest BCUT2D eigenvalue weighted by molar-refractivity contribution is 0.0512. The smallest absolute Gasteiger partial charge is 0.360 e. The number of hydrogen-bond acceptors (Lipinski definition) is 5. The van der Waals surface area contributed by atoms with E-state index in [-0.39, 0.29) is 24.6 Å². The molecule has 0 aliphatic carbocycles. The Labute approximate surface area is 86.2 Å². The van der Waals surface area contributed by atoms with Gasteiger partial charge in [-0.15, -0.1) is 0 Å². The summed E-state index contributed by atoms with van der Waals surface area (Å²) in [4.78, 5) is 18.4. The lowest BCUT2D eigenvalue weighted by atomic mass is 10.3. The summed E-state index contributed by atoms with van der Waals surface area (Å²) in [7, 11) is 1.41. The van der Waals surface area contributed by atoms with Crippen LogP contribution in [0.15, 0.2) is 6.33 Å². The van der Waals surface area contributed by atoms with Crippen molar-refractivity contribution in [2.24, 2.45) is 0 Å². The topological polar surface area (TPSA) is 61.3 Å². The Morgan fingerprint density at radius 2 is 2.27 bits per heavy atom. The van der Waals surface area contributed by atoms with Crippen LogP contribution in [0.2, 0.25) is 0 Å². The van der Waals surface area contributed by atoms with Gasteiger partial charge in [-0.1, -0.05) is 0 Å². The minimum Gasteiger partial charge on any atom is -0.461 e. The van der Waals surface area contributed by atoms with Crippen molar-refractivity contribution in [2.45, 2.75) is 13.5 Å². The third kappa shape index (κ3) is 2.69. The lowest BCUT2D eigenvalue weighted by Crippen LogP contribution is -2.13. The summed E-state index contributed by atoms with van der Waals surface area (Å²) < 4.78 is 22.9. The average Bonchev–Trinajstić information content (AvgIpc) is 2.22. The molecule has 0 aliphatic rings. The summed E-state index contributed by atoms with van der Waals surface area (Å²) in [6.45, 7) is 1.79. The van der Waals surface area contributed by atoms with E-state index in [0.717, 1.165) is 6.33 Å². The second kappa shape index (κ2) is 5.35. The molecule has 1 rings (SSSR count). The van der Waals surface area contributed by atoms with Gasteiger partial charge in [-0.05, 0) is 6.92 Å². The van der Waals surface area contributed by atoms with Crippen molar-refractivity contribution >= 4 is 5.97 Å². The first-order valence-electron chi connectivity index (χ1n) is 4.36. The molecule has 1 heterocycles. The largest absolute Gasteiger partial charge is 0.461 e. The van der Waals surface area contributed by atoms with Crippen molar-refractivity contribution in [3.05, 3.63) is 23.5 Å². The van der Waals surface area contributed by atoms with Crippen LogP contribution >= 0.6 is 0 Å². The van der Waals surface area contributed by atoms with Crippen LogP contribution < -0.4 is 0 Å². The third-order valence-electron chi connectivity index (χ3n) is 1.61. The van der Waals surface area contributed by atoms with Gasteiger partial charge in [-0.3, -0.25) is 0 Å². The maximum absolute atomic E-state index is 13.5. The zero-order chi connectivity index (χ0) is 11.3. The van der Waals surface area contributed by atoms with E-state index in [0.29, 0.717) is 0 Å². The van der Waals surface area contributed by atoms with Crippen LogP contribution in [-0.2, 0) is 16.1 Å². The quantitative estimate of drug-likeness (QED) is 0.698. The highest BCUT2D eigenvalue weighted by molar-refractivity contribution is 5.87. The Bertz CT molecular complexity index is 357. The first-order valence-corrected chi connectivity index (χ1v) is 4.36. The Balaban J connectivity index is 2.98. The predicted molar refractivity (Wildman–Crippen MR) is 48.7 cm³/mol. The fourth-order valence-electron chi connectivity index (χ4n) is 0.985. The van der Waals surface area contributed by atoms with Gasteiger partial charge in [0.15, 0.2) is 11.5 Å². The molecule has 1 aromatic rings. The van der Waals surface area contributed by atoms with E-state index in [9.17, 15) is 9.18 Å². The zero-order valence-electron chi connectivity index (χ0n) is 8.49. The van der Waals surface area contributed by atoms with Crippen molar-refractivity contribution in [2.75, 3.05) is 13.7 Å². The van der Waals surface area contributed by atoms with E-state index in [4.69, 9.17) is 4.74 Å². The van der Waals surface area contributed by atoms with Gasteiger partial charge in [0, 0.05) is 7.11 Å². The molecule has 0 amide bonds. The third-order valence-corrected chi connectivity index (χ3v) is 1.61. The zero-order valence-corrected chi connectivity index (χ0v) is 8.49. The molecule has 15 heavy (non-hydrogen) atoms. The van der Waals surface area contributed by atoms with Gasteiger partial charge in [0.25, 0.3) is 0 Å². The van der Waals surface area contributed by atoms with Crippen molar-refractivity contribution in [1.82, 2.24) is 9.97 Å². The Hall–Kier alpha value is -1.56. The van der Waals surface area contributed by atoms with Gasteiger partial charge >= 0.3 is 5.97 Å². The number of ether oxygens (including phenoxy) is 2. The van der Waals surface area contributed by atoms with E-state index in [1.165, 1.54) is 7.11 Å². The normalized spacial score (nSPS) is 10.1. The van der Waals surface area contributed by atoms with Gasteiger partial charge in [0.2, 0.25) is 0 Å². The summed E-state index contributed by atoms with van der Waals surface area (Å²) >= 11 is 0. The minimum absolute atomic E-state index is 0.0131. The number of nitrogens with zero attached hydrogens (tertiary/aromatic N) is 2. The molecule has 0 fully saturated rings. The fourth-order valence-corrected chi connectivity index (χ4v) is 0.985. The number of carbonyl (C=O) groups excluding carboxylic acids is 1. The van der Waals surface area contributed by atoms with Gasteiger partial charge in [-0.25, -0.2) is 19.2 Å². The summed E-state index contributed by atoms with van der Waals surface area (Å²) in [5, 5.41) is 0. The molecule has 82 valence electrons. The number of hydrogen-bond donors (Lipinski definition) is 0. The monoisotopic (exact) mass is 214 g/mol. The molecular formula is C9H11FN2O3. The van der Waals surface area contributed by atoms with Crippen LogP contribution in [0.25, 0.3) is 0 Å². The van der Waals surface area contributed by atoms with Crippen LogP contribution in [0.5, 0.6) is 0 Å². The Morgan fingerprint density at radius 1 is 1.53 bits per heavy atom. The second-order valence-electron chi connectivity index (χ2n) is 2.64. The average molecular weight is 214 g/mol. The van der Waals surface area contributed by atoms with E-state index in [1.807, 2.05) is 0 Å². The molecule has 0 unspecified atom stereocenters. The minimum atomic E-state index is -0.797. The molecule has 0 radical (unpaired) electrons. The van der Waals surface area contributed by atoms with Crippen molar-refractivity contribution in [1.29, 1.82) is 0 Å². The van der Waals surface area contributed by atoms with Gasteiger partial charge in [-0.2, -0.15) is 0 Å². The van der Waals surface area contributed by atoms with Crippen LogP contribution in [0.4, 0.5) is 4.39 Å². The van der Waals surface area contributed by atoms with E-state index >= 15 is 0 Å². The molecule has 0 aromatic carbocycles. The fraction of sp³-hybridized carbons (Fsp3) is 0.444. The van der Waals surface area contributed by atoms with E-state index < -0.39 is 11.8 Å². The molecule has 0 saturated carbocycles. The second-order valence-corrected chi connectivity index (χ2v) is 2.64. The van der Waals surface area contributed by atoms with Crippen molar-refractivity contribution in [3.63, 3.8) is 0 Å². The highest BCUT2D eigenvalue weighted by Gasteiger charge is 2.18. The Morgan fingerprint density at radius 3 is 2.87 bits per heavy atom. The predicted octanol–water partition coefficient (Wildman–Crippen LogP) is 0.939. The van der Waals surface area contributed by atoms with Crippen molar-refractivity contribution < 1.29 is 18.7 Å². The molecule has 0 bridgehead atoms. The lowest BCUT2D eigenvalue weighted by Gasteiger charge is -2.04. The van der Waals surface area contributed by atoms with Crippen molar-refractivity contribution in [3.8, 4) is 0 Å². The van der Waals surface area contributed by atoms with Gasteiger partial charge in [0.1, 0.15) is 12.0 Å². The first kappa shape index (κ1) is 11.5. The standard InChI is InChI=1S/C9H11FN2O3/c1-3-15-9(13)8-7(10)6(4-14-2)11-5-12-8/h5H,3-4H2,1-2H3. The van der Waals surface area contributed by atoms with E-state index in [1.54, 1.807) is 6.92 Å². The molecule has 6 heteroatoms. The molecule has 0 aliphatic heterocycles. The SMILES string of the molecule is CCOC(=O)c1ncnc(COC)c1F. The van der Waals surface area contributed by atoms with E-state index in [2.05, 4.69) is 14.7 Å². The molecule has 0 atom stereocenters. The summed E-state index contributed by atoms with van der Waals surface area (Å²) in [6.07, 6.45) is 1.10. The summed E-state index contributed by atoms with van der Waals surface area (Å²) in [5.74, 6) is -1.59. The maximum atomic E-state index is 13.5. The molecule has 5 nitrogen and oxygen atoms in total. The molecular weight excluding hydrogens is 203 g/mol. The number of carbonyl (C=O) groups is 1. The van der Waals surface area contributed by atoms with Crippen LogP contribution in [0, 0.1) is 5.82 Å². The molecule has 0 saturated heterocycles. The van der Waals surface area contributed by atoms with Gasteiger partial charge in [0.05, 0.1) is 13.2 Å². The number of methoxy groups -OCH3 is 1. The number of esters is 1. The molecule has 0 N–H and O–H groups in total. The summed E-state index contributed by atoms with van der Waals surface area (Å²) in [5.41, 5.74) is -0.325. The number of rotatable bonds is 4. The first-order chi connectivity index (χ1) is 7.20. The van der Waals surface area contributed by atoms with Gasteiger partial charge < -0.3 is 9.47 Å². The number of aromatic nitrogens is 2. The number of halogens is 1. The Kier molecular flexibility index (Phi) is 4.11. The molecule has 1 aromatic heterocycles. The summed E-state index contributed by atoms with van der Waals surface area (Å²) in [6, 6.07) is 0. The highest BCUT2D eigenvalue weighted by atomic mass is 19.1. The van der Waals surface area contributed by atoms with Crippen LogP contribution in [0.1, 0.15) is 23.1 Å². The maximum Gasteiger partial charge on any atom is 0.360 e. The van der Waals surface area contributed by atoms with Crippen LogP contribution in [-0.4, -0.2) is 29.7 Å². The van der Waals surface area contributed by atoms with Crippen LogP contribution in [0.3, 0.4) is 0 Å².